The van der Waals surface area contributed by atoms with Gasteiger partial charge in [0.15, 0.2) is 9.84 Å². The van der Waals surface area contributed by atoms with Gasteiger partial charge in [-0.3, -0.25) is 0 Å². The number of rotatable bonds is 3. The van der Waals surface area contributed by atoms with E-state index in [1.807, 2.05) is 30.3 Å². The average Bonchev–Trinajstić information content (AvgIpc) is 2.65. The van der Waals surface area contributed by atoms with Gasteiger partial charge >= 0.3 is 0 Å². The van der Waals surface area contributed by atoms with Gasteiger partial charge in [-0.1, -0.05) is 30.3 Å². The lowest BCUT2D eigenvalue weighted by atomic mass is 10.2. The Morgan fingerprint density at radius 1 is 1.25 bits per heavy atom. The van der Waals surface area contributed by atoms with Crippen molar-refractivity contribution in [3.63, 3.8) is 0 Å². The molecule has 1 aromatic heterocycles. The second-order valence-corrected chi connectivity index (χ2v) is 5.70. The predicted molar refractivity (Wildman–Crippen MR) is 60.5 cm³/mol. The van der Waals surface area contributed by atoms with E-state index in [1.54, 1.807) is 0 Å². The van der Waals surface area contributed by atoms with Crippen LogP contribution in [-0.2, 0) is 15.6 Å². The summed E-state index contributed by atoms with van der Waals surface area (Å²) in [5.74, 6) is 0.0566. The van der Waals surface area contributed by atoms with Crippen LogP contribution in [0.4, 0.5) is 0 Å². The molecule has 5 heteroatoms. The number of nitrogens with zero attached hydrogens (tertiary/aromatic N) is 1. The maximum absolute atomic E-state index is 11.0. The second kappa shape index (κ2) is 4.09. The number of oxazole rings is 1. The van der Waals surface area contributed by atoms with Crippen LogP contribution >= 0.6 is 0 Å². The van der Waals surface area contributed by atoms with E-state index < -0.39 is 9.84 Å². The number of benzene rings is 1. The highest BCUT2D eigenvalue weighted by Crippen LogP contribution is 2.18. The Kier molecular flexibility index (Phi) is 2.78. The topological polar surface area (TPSA) is 60.2 Å². The van der Waals surface area contributed by atoms with E-state index in [0.717, 1.165) is 11.8 Å². The molecule has 1 aromatic carbocycles. The Bertz CT molecular complexity index is 572. The zero-order valence-electron chi connectivity index (χ0n) is 8.75. The number of aromatic nitrogens is 1. The summed E-state index contributed by atoms with van der Waals surface area (Å²) in [6, 6.07) is 9.46. The van der Waals surface area contributed by atoms with Gasteiger partial charge < -0.3 is 4.42 Å². The van der Waals surface area contributed by atoms with Gasteiger partial charge in [0.2, 0.25) is 5.89 Å². The van der Waals surface area contributed by atoms with Gasteiger partial charge in [-0.15, -0.1) is 0 Å². The maximum atomic E-state index is 11.0. The largest absolute Gasteiger partial charge is 0.447 e. The zero-order chi connectivity index (χ0) is 11.6. The summed E-state index contributed by atoms with van der Waals surface area (Å²) in [6.45, 7) is 0. The van der Waals surface area contributed by atoms with E-state index in [2.05, 4.69) is 4.98 Å². The van der Waals surface area contributed by atoms with Crippen molar-refractivity contribution >= 4 is 9.84 Å². The van der Waals surface area contributed by atoms with Crippen LogP contribution in [0.3, 0.4) is 0 Å². The van der Waals surface area contributed by atoms with Crippen molar-refractivity contribution in [1.82, 2.24) is 4.98 Å². The van der Waals surface area contributed by atoms with Crippen molar-refractivity contribution in [2.45, 2.75) is 5.75 Å². The molecule has 0 saturated carbocycles. The average molecular weight is 237 g/mol. The van der Waals surface area contributed by atoms with Crippen LogP contribution in [-0.4, -0.2) is 19.7 Å². The van der Waals surface area contributed by atoms with E-state index in [0.29, 0.717) is 5.69 Å². The molecule has 0 saturated heterocycles. The summed E-state index contributed by atoms with van der Waals surface area (Å²) >= 11 is 0. The summed E-state index contributed by atoms with van der Waals surface area (Å²) in [5, 5.41) is 0. The van der Waals surface area contributed by atoms with Gasteiger partial charge in [0.1, 0.15) is 17.7 Å². The van der Waals surface area contributed by atoms with E-state index in [9.17, 15) is 8.42 Å². The molecular formula is C11H11NO3S. The molecule has 0 N–H and O–H groups in total. The minimum atomic E-state index is -3.10. The van der Waals surface area contributed by atoms with Crippen molar-refractivity contribution in [2.24, 2.45) is 0 Å². The van der Waals surface area contributed by atoms with Crippen LogP contribution in [0.1, 0.15) is 5.89 Å². The first kappa shape index (κ1) is 10.9. The highest BCUT2D eigenvalue weighted by atomic mass is 32.2. The van der Waals surface area contributed by atoms with Crippen molar-refractivity contribution in [3.05, 3.63) is 42.5 Å². The molecule has 2 rings (SSSR count). The fourth-order valence-electron chi connectivity index (χ4n) is 1.34. The lowest BCUT2D eigenvalue weighted by Gasteiger charge is -1.93. The Hall–Kier alpha value is -1.62. The van der Waals surface area contributed by atoms with Crippen LogP contribution < -0.4 is 0 Å². The lowest BCUT2D eigenvalue weighted by molar-refractivity contribution is 0.509. The third-order valence-electron chi connectivity index (χ3n) is 2.01. The minimum Gasteiger partial charge on any atom is -0.447 e. The molecule has 16 heavy (non-hydrogen) atoms. The quantitative estimate of drug-likeness (QED) is 0.817. The lowest BCUT2D eigenvalue weighted by Crippen LogP contribution is -2.00. The standard InChI is InChI=1S/C11H11NO3S/c1-16(13,14)8-11-12-10(7-15-11)9-5-3-2-4-6-9/h2-7H,8H2,1H3. The maximum Gasteiger partial charge on any atom is 0.209 e. The van der Waals surface area contributed by atoms with Crippen molar-refractivity contribution in [3.8, 4) is 11.3 Å². The molecule has 2 aromatic rings. The van der Waals surface area contributed by atoms with E-state index in [4.69, 9.17) is 4.42 Å². The Balaban J connectivity index is 2.27. The molecule has 0 atom stereocenters. The van der Waals surface area contributed by atoms with Gasteiger partial charge in [-0.2, -0.15) is 0 Å². The van der Waals surface area contributed by atoms with Crippen molar-refractivity contribution in [2.75, 3.05) is 6.26 Å². The van der Waals surface area contributed by atoms with Crippen LogP contribution in [0, 0.1) is 0 Å². The van der Waals surface area contributed by atoms with Gasteiger partial charge in [0.05, 0.1) is 0 Å². The van der Waals surface area contributed by atoms with E-state index >= 15 is 0 Å². The Morgan fingerprint density at radius 3 is 2.56 bits per heavy atom. The van der Waals surface area contributed by atoms with Gasteiger partial charge in [-0.05, 0) is 0 Å². The van der Waals surface area contributed by atoms with Crippen LogP contribution in [0.2, 0.25) is 0 Å². The Morgan fingerprint density at radius 2 is 1.94 bits per heavy atom. The first-order valence-corrected chi connectivity index (χ1v) is 6.78. The molecule has 0 radical (unpaired) electrons. The molecule has 1 heterocycles. The van der Waals surface area contributed by atoms with Gasteiger partial charge in [0, 0.05) is 11.8 Å². The molecule has 0 aliphatic heterocycles. The molecule has 0 amide bonds. The SMILES string of the molecule is CS(=O)(=O)Cc1nc(-c2ccccc2)co1. The minimum absolute atomic E-state index is 0.167. The van der Waals surface area contributed by atoms with Gasteiger partial charge in [-0.25, -0.2) is 13.4 Å². The summed E-state index contributed by atoms with van der Waals surface area (Å²) in [6.07, 6.45) is 2.62. The van der Waals surface area contributed by atoms with Crippen LogP contribution in [0.15, 0.2) is 41.0 Å². The molecular weight excluding hydrogens is 226 g/mol. The molecule has 0 spiro atoms. The summed E-state index contributed by atoms with van der Waals surface area (Å²) < 4.78 is 27.2. The van der Waals surface area contributed by atoms with Gasteiger partial charge in [0.25, 0.3) is 0 Å². The molecule has 0 fully saturated rings. The third kappa shape index (κ3) is 2.70. The number of hydrogen-bond acceptors (Lipinski definition) is 4. The molecule has 0 bridgehead atoms. The number of hydrogen-bond donors (Lipinski definition) is 0. The third-order valence-corrected chi connectivity index (χ3v) is 2.78. The normalized spacial score (nSPS) is 11.6. The predicted octanol–water partition coefficient (Wildman–Crippen LogP) is 1.89. The molecule has 0 aliphatic rings. The van der Waals surface area contributed by atoms with Crippen LogP contribution in [0.25, 0.3) is 11.3 Å². The highest BCUT2D eigenvalue weighted by Gasteiger charge is 2.11. The first-order chi connectivity index (χ1) is 7.54. The van der Waals surface area contributed by atoms with E-state index in [-0.39, 0.29) is 11.6 Å². The van der Waals surface area contributed by atoms with Crippen molar-refractivity contribution < 1.29 is 12.8 Å². The zero-order valence-corrected chi connectivity index (χ0v) is 9.57. The summed E-state index contributed by atoms with van der Waals surface area (Å²) in [7, 11) is -3.10. The monoisotopic (exact) mass is 237 g/mol. The second-order valence-electron chi connectivity index (χ2n) is 3.56. The highest BCUT2D eigenvalue weighted by molar-refractivity contribution is 7.89. The molecule has 0 aliphatic carbocycles. The van der Waals surface area contributed by atoms with E-state index in [1.165, 1.54) is 6.26 Å². The van der Waals surface area contributed by atoms with Crippen molar-refractivity contribution in [1.29, 1.82) is 0 Å². The summed E-state index contributed by atoms with van der Waals surface area (Å²) in [5.41, 5.74) is 1.56. The molecule has 4 nitrogen and oxygen atoms in total. The van der Waals surface area contributed by atoms with Crippen LogP contribution in [0.5, 0.6) is 0 Å². The molecule has 0 unspecified atom stereocenters. The molecule has 84 valence electrons. The fraction of sp³-hybridized carbons (Fsp3) is 0.182. The summed E-state index contributed by atoms with van der Waals surface area (Å²) in [4.78, 5) is 4.12. The number of sulfone groups is 1. The fourth-order valence-corrected chi connectivity index (χ4v) is 1.92. The first-order valence-electron chi connectivity index (χ1n) is 4.72. The Labute approximate surface area is 93.9 Å². The smallest absolute Gasteiger partial charge is 0.209 e.